The first-order valence-electron chi connectivity index (χ1n) is 6.91. The van der Waals surface area contributed by atoms with Gasteiger partial charge in [0.05, 0.1) is 11.3 Å². The molecule has 114 valence electrons. The van der Waals surface area contributed by atoms with Crippen molar-refractivity contribution in [2.45, 2.75) is 6.61 Å². The quantitative estimate of drug-likeness (QED) is 0.587. The number of nitrogens with zero attached hydrogens (tertiary/aromatic N) is 2. The van der Waals surface area contributed by atoms with E-state index in [9.17, 15) is 9.59 Å². The summed E-state index contributed by atoms with van der Waals surface area (Å²) >= 11 is 1.36. The number of aromatic nitrogens is 3. The van der Waals surface area contributed by atoms with Crippen LogP contribution in [0.25, 0.3) is 15.9 Å². The molecule has 4 aromatic rings. The zero-order valence-corrected chi connectivity index (χ0v) is 12.7. The highest BCUT2D eigenvalue weighted by molar-refractivity contribution is 7.15. The number of esters is 1. The molecule has 3 heterocycles. The van der Waals surface area contributed by atoms with E-state index in [1.54, 1.807) is 17.8 Å². The molecule has 0 aliphatic heterocycles. The summed E-state index contributed by atoms with van der Waals surface area (Å²) in [6, 6.07) is 8.87. The van der Waals surface area contributed by atoms with E-state index in [2.05, 4.69) is 9.97 Å². The summed E-state index contributed by atoms with van der Waals surface area (Å²) in [6.07, 6.45) is 3.29. The zero-order valence-electron chi connectivity index (χ0n) is 11.9. The van der Waals surface area contributed by atoms with E-state index < -0.39 is 5.97 Å². The summed E-state index contributed by atoms with van der Waals surface area (Å²) < 4.78 is 6.75. The standard InChI is InChI=1S/C16H11N3O3S/c20-14-7-10(18-16-19(14)5-6-23-16)9-22-15(21)12-8-17-13-4-2-1-3-11(12)13/h1-8,17H,9H2. The van der Waals surface area contributed by atoms with Gasteiger partial charge in [-0.25, -0.2) is 9.78 Å². The molecule has 0 unspecified atom stereocenters. The lowest BCUT2D eigenvalue weighted by atomic mass is 10.2. The number of fused-ring (bicyclic) bond motifs is 2. The molecule has 0 aliphatic carbocycles. The second kappa shape index (κ2) is 5.36. The van der Waals surface area contributed by atoms with E-state index in [1.807, 2.05) is 24.3 Å². The molecule has 1 N–H and O–H groups in total. The number of nitrogens with one attached hydrogen (secondary N) is 1. The molecule has 6 nitrogen and oxygen atoms in total. The highest BCUT2D eigenvalue weighted by Gasteiger charge is 2.14. The van der Waals surface area contributed by atoms with E-state index in [1.165, 1.54) is 21.8 Å². The summed E-state index contributed by atoms with van der Waals surface area (Å²) in [4.78, 5) is 32.1. The minimum Gasteiger partial charge on any atom is -0.456 e. The molecule has 0 radical (unpaired) electrons. The van der Waals surface area contributed by atoms with Crippen molar-refractivity contribution in [3.63, 3.8) is 0 Å². The smallest absolute Gasteiger partial charge is 0.340 e. The number of carbonyl (C=O) groups excluding carboxylic acids is 1. The average molecular weight is 325 g/mol. The van der Waals surface area contributed by atoms with Gasteiger partial charge in [-0.2, -0.15) is 0 Å². The van der Waals surface area contributed by atoms with Gasteiger partial charge in [0.25, 0.3) is 5.56 Å². The van der Waals surface area contributed by atoms with Gasteiger partial charge in [-0.05, 0) is 6.07 Å². The minimum absolute atomic E-state index is 0.0397. The maximum atomic E-state index is 12.2. The second-order valence-electron chi connectivity index (χ2n) is 4.97. The van der Waals surface area contributed by atoms with Gasteiger partial charge < -0.3 is 9.72 Å². The fraction of sp³-hybridized carbons (Fsp3) is 0.0625. The SMILES string of the molecule is O=C(OCc1cc(=O)n2ccsc2n1)c1c[nH]c2ccccc12. The Balaban J connectivity index is 1.58. The van der Waals surface area contributed by atoms with Crippen molar-refractivity contribution in [2.24, 2.45) is 0 Å². The third kappa shape index (κ3) is 2.40. The fourth-order valence-electron chi connectivity index (χ4n) is 2.42. The maximum absolute atomic E-state index is 12.2. The molecule has 0 spiro atoms. The van der Waals surface area contributed by atoms with Crippen molar-refractivity contribution in [1.29, 1.82) is 0 Å². The van der Waals surface area contributed by atoms with E-state index in [0.717, 1.165) is 10.9 Å². The van der Waals surface area contributed by atoms with Gasteiger partial charge in [-0.1, -0.05) is 18.2 Å². The third-order valence-corrected chi connectivity index (χ3v) is 4.27. The number of thiazole rings is 1. The van der Waals surface area contributed by atoms with Crippen molar-refractivity contribution in [2.75, 3.05) is 0 Å². The van der Waals surface area contributed by atoms with Crippen LogP contribution in [0.5, 0.6) is 0 Å². The molecular weight excluding hydrogens is 314 g/mol. The molecule has 0 aliphatic rings. The van der Waals surface area contributed by atoms with Crippen LogP contribution >= 0.6 is 11.3 Å². The van der Waals surface area contributed by atoms with Gasteiger partial charge in [-0.3, -0.25) is 9.20 Å². The Bertz CT molecular complexity index is 1080. The normalized spacial score (nSPS) is 11.1. The number of hydrogen-bond donors (Lipinski definition) is 1. The van der Waals surface area contributed by atoms with Crippen molar-refractivity contribution in [3.05, 3.63) is 69.7 Å². The lowest BCUT2D eigenvalue weighted by molar-refractivity contribution is 0.0470. The summed E-state index contributed by atoms with van der Waals surface area (Å²) in [5.41, 5.74) is 1.59. The van der Waals surface area contributed by atoms with Crippen LogP contribution in [0, 0.1) is 0 Å². The molecule has 23 heavy (non-hydrogen) atoms. The number of hydrogen-bond acceptors (Lipinski definition) is 5. The largest absolute Gasteiger partial charge is 0.456 e. The Hall–Kier alpha value is -2.93. The Labute approximate surface area is 134 Å². The average Bonchev–Trinajstić information content (AvgIpc) is 3.19. The van der Waals surface area contributed by atoms with E-state index in [-0.39, 0.29) is 12.2 Å². The molecule has 1 aromatic carbocycles. The number of benzene rings is 1. The molecule has 0 saturated heterocycles. The molecule has 0 bridgehead atoms. The number of carbonyl (C=O) groups is 1. The highest BCUT2D eigenvalue weighted by Crippen LogP contribution is 2.19. The van der Waals surface area contributed by atoms with Crippen LogP contribution in [0.15, 0.2) is 52.9 Å². The molecule has 0 amide bonds. The van der Waals surface area contributed by atoms with Gasteiger partial charge >= 0.3 is 5.97 Å². The summed E-state index contributed by atoms with van der Waals surface area (Å²) in [6.45, 7) is -0.0397. The van der Waals surface area contributed by atoms with Crippen LogP contribution in [0.4, 0.5) is 0 Å². The van der Waals surface area contributed by atoms with Gasteiger partial charge in [0, 0.05) is 34.7 Å². The number of ether oxygens (including phenoxy) is 1. The van der Waals surface area contributed by atoms with E-state index in [0.29, 0.717) is 16.2 Å². The number of H-pyrrole nitrogens is 1. The van der Waals surface area contributed by atoms with Gasteiger partial charge in [0.1, 0.15) is 6.61 Å². The zero-order chi connectivity index (χ0) is 15.8. The van der Waals surface area contributed by atoms with E-state index >= 15 is 0 Å². The summed E-state index contributed by atoms with van der Waals surface area (Å²) in [7, 11) is 0. The monoisotopic (exact) mass is 325 g/mol. The first kappa shape index (κ1) is 13.7. The lowest BCUT2D eigenvalue weighted by Gasteiger charge is -2.04. The summed E-state index contributed by atoms with van der Waals surface area (Å²) in [5.74, 6) is -0.448. The molecule has 3 aromatic heterocycles. The van der Waals surface area contributed by atoms with Gasteiger partial charge in [0.15, 0.2) is 4.96 Å². The van der Waals surface area contributed by atoms with Crippen molar-refractivity contribution < 1.29 is 9.53 Å². The third-order valence-electron chi connectivity index (χ3n) is 3.52. The van der Waals surface area contributed by atoms with Gasteiger partial charge in [0.2, 0.25) is 0 Å². The molecule has 4 rings (SSSR count). The molecule has 0 fully saturated rings. The second-order valence-corrected chi connectivity index (χ2v) is 5.84. The molecule has 7 heteroatoms. The first-order chi connectivity index (χ1) is 11.2. The fourth-order valence-corrected chi connectivity index (χ4v) is 3.16. The van der Waals surface area contributed by atoms with E-state index in [4.69, 9.17) is 4.74 Å². The number of para-hydroxylation sites is 1. The maximum Gasteiger partial charge on any atom is 0.340 e. The molecule has 0 saturated carbocycles. The van der Waals surface area contributed by atoms with Gasteiger partial charge in [-0.15, -0.1) is 11.3 Å². The Morgan fingerprint density at radius 2 is 2.22 bits per heavy atom. The van der Waals surface area contributed by atoms with Crippen LogP contribution in [0.1, 0.15) is 16.1 Å². The first-order valence-corrected chi connectivity index (χ1v) is 7.79. The van der Waals surface area contributed by atoms with Crippen molar-refractivity contribution in [1.82, 2.24) is 14.4 Å². The van der Waals surface area contributed by atoms with Crippen LogP contribution in [-0.2, 0) is 11.3 Å². The van der Waals surface area contributed by atoms with Crippen LogP contribution in [-0.4, -0.2) is 20.3 Å². The minimum atomic E-state index is -0.448. The van der Waals surface area contributed by atoms with Crippen LogP contribution in [0.3, 0.4) is 0 Å². The van der Waals surface area contributed by atoms with Crippen molar-refractivity contribution >= 4 is 33.2 Å². The highest BCUT2D eigenvalue weighted by atomic mass is 32.1. The predicted molar refractivity (Wildman–Crippen MR) is 86.8 cm³/mol. The Morgan fingerprint density at radius 1 is 1.35 bits per heavy atom. The molecular formula is C16H11N3O3S. The van der Waals surface area contributed by atoms with Crippen LogP contribution in [0.2, 0.25) is 0 Å². The summed E-state index contributed by atoms with van der Waals surface area (Å²) in [5, 5.41) is 2.59. The van der Waals surface area contributed by atoms with Crippen LogP contribution < -0.4 is 5.56 Å². The molecule has 0 atom stereocenters. The van der Waals surface area contributed by atoms with Crippen molar-refractivity contribution in [3.8, 4) is 0 Å². The predicted octanol–water partition coefficient (Wildman–Crippen LogP) is 2.59. The number of rotatable bonds is 3. The Morgan fingerprint density at radius 3 is 3.13 bits per heavy atom. The topological polar surface area (TPSA) is 76.5 Å². The number of aromatic amines is 1. The Kier molecular flexibility index (Phi) is 3.20. The lowest BCUT2D eigenvalue weighted by Crippen LogP contribution is -2.14.